The average molecular weight is 633 g/mol. The molecule has 46 heavy (non-hydrogen) atoms. The third kappa shape index (κ3) is 13.0. The van der Waals surface area contributed by atoms with E-state index in [-0.39, 0.29) is 38.3 Å². The highest BCUT2D eigenvalue weighted by atomic mass is 16.5. The third-order valence-electron chi connectivity index (χ3n) is 7.30. The monoisotopic (exact) mass is 632 g/mol. The van der Waals surface area contributed by atoms with Gasteiger partial charge in [-0.3, -0.25) is 14.4 Å². The molecule has 0 fully saturated rings. The molecule has 3 aromatic carbocycles. The van der Waals surface area contributed by atoms with E-state index in [1.165, 1.54) is 0 Å². The number of hydrogen-bond acceptors (Lipinski definition) is 7. The minimum Gasteiger partial charge on any atom is -0.492 e. The molecule has 2 atom stereocenters. The fourth-order valence-corrected chi connectivity index (χ4v) is 4.63. The summed E-state index contributed by atoms with van der Waals surface area (Å²) in [5, 5.41) is 20.4. The molecular formula is C35H44N4O7. The van der Waals surface area contributed by atoms with Crippen LogP contribution in [0.4, 0.5) is 4.79 Å². The quantitative estimate of drug-likeness (QED) is 0.125. The predicted octanol–water partition coefficient (Wildman–Crippen LogP) is 3.88. The first-order valence-corrected chi connectivity index (χ1v) is 15.4. The lowest BCUT2D eigenvalue weighted by Crippen LogP contribution is -2.53. The van der Waals surface area contributed by atoms with Gasteiger partial charge in [-0.1, -0.05) is 66.7 Å². The lowest BCUT2D eigenvalue weighted by molar-refractivity contribution is -0.137. The minimum atomic E-state index is -1.11. The molecule has 0 bridgehead atoms. The lowest BCUT2D eigenvalue weighted by Gasteiger charge is -2.23. The number of benzene rings is 3. The van der Waals surface area contributed by atoms with E-state index in [9.17, 15) is 19.2 Å². The van der Waals surface area contributed by atoms with E-state index in [0.29, 0.717) is 31.7 Å². The van der Waals surface area contributed by atoms with Gasteiger partial charge in [0.05, 0.1) is 0 Å². The van der Waals surface area contributed by atoms with Crippen molar-refractivity contribution in [3.05, 3.63) is 101 Å². The van der Waals surface area contributed by atoms with Gasteiger partial charge >= 0.3 is 12.1 Å². The molecule has 3 aromatic rings. The lowest BCUT2D eigenvalue weighted by atomic mass is 10.0. The van der Waals surface area contributed by atoms with Crippen LogP contribution >= 0.6 is 0 Å². The molecule has 0 radical (unpaired) electrons. The number of carbonyl (C=O) groups excluding carboxylic acids is 3. The van der Waals surface area contributed by atoms with Crippen molar-refractivity contribution in [3.8, 4) is 5.75 Å². The molecule has 0 heterocycles. The van der Waals surface area contributed by atoms with Crippen LogP contribution in [0.3, 0.4) is 0 Å². The second kappa shape index (κ2) is 19.5. The SMILES string of the molecule is CNCCOc1ccc(C)c(CNC(=O)[C@H](CCc2ccccc2)NC(=O)[C@H](CCCC(=O)O)NC(=O)OCc2ccccc2)c1. The molecule has 0 aliphatic rings. The van der Waals surface area contributed by atoms with Crippen molar-refractivity contribution < 1.29 is 33.8 Å². The maximum Gasteiger partial charge on any atom is 0.408 e. The van der Waals surface area contributed by atoms with Crippen molar-refractivity contribution in [1.29, 1.82) is 0 Å². The molecule has 0 saturated carbocycles. The molecule has 11 heteroatoms. The Hall–Kier alpha value is -4.90. The summed E-state index contributed by atoms with van der Waals surface area (Å²) < 4.78 is 11.1. The zero-order valence-electron chi connectivity index (χ0n) is 26.4. The molecule has 0 aliphatic heterocycles. The summed E-state index contributed by atoms with van der Waals surface area (Å²) in [7, 11) is 1.85. The molecule has 0 saturated heterocycles. The highest BCUT2D eigenvalue weighted by Crippen LogP contribution is 2.18. The van der Waals surface area contributed by atoms with Crippen molar-refractivity contribution in [1.82, 2.24) is 21.3 Å². The van der Waals surface area contributed by atoms with Gasteiger partial charge in [0, 0.05) is 19.5 Å². The topological polar surface area (TPSA) is 155 Å². The van der Waals surface area contributed by atoms with Gasteiger partial charge in [0.15, 0.2) is 0 Å². The highest BCUT2D eigenvalue weighted by molar-refractivity contribution is 5.91. The van der Waals surface area contributed by atoms with Crippen LogP contribution < -0.4 is 26.0 Å². The number of carboxylic acid groups (broad SMARTS) is 1. The van der Waals surface area contributed by atoms with Gasteiger partial charge in [0.1, 0.15) is 31.0 Å². The maximum absolute atomic E-state index is 13.5. The Morgan fingerprint density at radius 1 is 0.826 bits per heavy atom. The molecule has 0 unspecified atom stereocenters. The first-order chi connectivity index (χ1) is 22.2. The number of amides is 3. The fraction of sp³-hybridized carbons (Fsp3) is 0.371. The van der Waals surface area contributed by atoms with E-state index in [0.717, 1.165) is 22.3 Å². The number of aliphatic carboxylic acids is 1. The Balaban J connectivity index is 1.70. The Morgan fingerprint density at radius 3 is 2.17 bits per heavy atom. The van der Waals surface area contributed by atoms with Gasteiger partial charge in [0.25, 0.3) is 0 Å². The van der Waals surface area contributed by atoms with Crippen molar-refractivity contribution in [2.24, 2.45) is 0 Å². The molecule has 5 N–H and O–H groups in total. The fourth-order valence-electron chi connectivity index (χ4n) is 4.63. The number of alkyl carbamates (subject to hydrolysis) is 1. The normalized spacial score (nSPS) is 12.0. The number of carbonyl (C=O) groups is 4. The Labute approximate surface area is 270 Å². The molecule has 3 amide bonds. The zero-order chi connectivity index (χ0) is 33.1. The molecule has 3 rings (SSSR count). The first kappa shape index (κ1) is 35.6. The van der Waals surface area contributed by atoms with E-state index in [2.05, 4.69) is 21.3 Å². The van der Waals surface area contributed by atoms with Crippen LogP contribution in [0.15, 0.2) is 78.9 Å². The summed E-state index contributed by atoms with van der Waals surface area (Å²) in [5.74, 6) is -1.32. The summed E-state index contributed by atoms with van der Waals surface area (Å²) in [6.45, 7) is 3.36. The van der Waals surface area contributed by atoms with Gasteiger partial charge < -0.3 is 35.8 Å². The van der Waals surface area contributed by atoms with Crippen molar-refractivity contribution in [2.45, 2.75) is 64.3 Å². The number of likely N-dealkylation sites (N-methyl/N-ethyl adjacent to an activating group) is 1. The summed E-state index contributed by atoms with van der Waals surface area (Å²) in [4.78, 5) is 50.8. The van der Waals surface area contributed by atoms with Gasteiger partial charge in [-0.15, -0.1) is 0 Å². The van der Waals surface area contributed by atoms with E-state index in [1.807, 2.05) is 80.7 Å². The van der Waals surface area contributed by atoms with E-state index < -0.39 is 30.1 Å². The molecule has 11 nitrogen and oxygen atoms in total. The Morgan fingerprint density at radius 2 is 1.50 bits per heavy atom. The number of nitrogens with one attached hydrogen (secondary N) is 4. The molecule has 0 aliphatic carbocycles. The van der Waals surface area contributed by atoms with Crippen LogP contribution in [-0.4, -0.2) is 61.3 Å². The smallest absolute Gasteiger partial charge is 0.408 e. The molecule has 0 aromatic heterocycles. The summed E-state index contributed by atoms with van der Waals surface area (Å²) in [6.07, 6.45) is -0.00165. The zero-order valence-corrected chi connectivity index (χ0v) is 26.4. The van der Waals surface area contributed by atoms with Crippen LogP contribution in [0.2, 0.25) is 0 Å². The number of rotatable bonds is 19. The van der Waals surface area contributed by atoms with E-state index in [1.54, 1.807) is 12.1 Å². The van der Waals surface area contributed by atoms with Gasteiger partial charge in [-0.2, -0.15) is 0 Å². The number of carboxylic acids is 1. The Kier molecular flexibility index (Phi) is 15.1. The minimum absolute atomic E-state index is 0.000601. The van der Waals surface area contributed by atoms with E-state index >= 15 is 0 Å². The number of ether oxygens (including phenoxy) is 2. The molecular weight excluding hydrogens is 588 g/mol. The summed E-state index contributed by atoms with van der Waals surface area (Å²) >= 11 is 0. The molecule has 0 spiro atoms. The maximum atomic E-state index is 13.5. The van der Waals surface area contributed by atoms with Gasteiger partial charge in [0.2, 0.25) is 11.8 Å². The number of aryl methyl sites for hydroxylation is 2. The first-order valence-electron chi connectivity index (χ1n) is 15.4. The average Bonchev–Trinajstić information content (AvgIpc) is 3.06. The second-order valence-electron chi connectivity index (χ2n) is 10.9. The summed E-state index contributed by atoms with van der Waals surface area (Å²) in [5.41, 5.74) is 3.62. The highest BCUT2D eigenvalue weighted by Gasteiger charge is 2.27. The number of hydrogen-bond donors (Lipinski definition) is 5. The Bertz CT molecular complexity index is 1400. The second-order valence-corrected chi connectivity index (χ2v) is 10.9. The summed E-state index contributed by atoms with van der Waals surface area (Å²) in [6, 6.07) is 22.3. The van der Waals surface area contributed by atoms with Crippen LogP contribution in [0.5, 0.6) is 5.75 Å². The van der Waals surface area contributed by atoms with Crippen LogP contribution in [0, 0.1) is 6.92 Å². The predicted molar refractivity (Wildman–Crippen MR) is 174 cm³/mol. The van der Waals surface area contributed by atoms with Gasteiger partial charge in [-0.25, -0.2) is 4.79 Å². The standard InChI is InChI=1S/C35H44N4O7/c1-25-16-18-29(45-21-20-36-2)22-28(25)23-37-33(42)31(19-17-26-10-5-3-6-11-26)38-34(43)30(14-9-15-32(40)41)39-35(44)46-24-27-12-7-4-8-13-27/h3-8,10-13,16,18,22,30-31,36H,9,14-15,17,19-21,23-24H2,1-2H3,(H,37,42)(H,38,43)(H,39,44)(H,40,41)/t30-,31-/m0/s1. The van der Waals surface area contributed by atoms with Crippen LogP contribution in [0.25, 0.3) is 0 Å². The van der Waals surface area contributed by atoms with Crippen LogP contribution in [-0.2, 0) is 38.7 Å². The third-order valence-corrected chi connectivity index (χ3v) is 7.30. The van der Waals surface area contributed by atoms with Crippen LogP contribution in [0.1, 0.15) is 47.9 Å². The van der Waals surface area contributed by atoms with Crippen molar-refractivity contribution in [3.63, 3.8) is 0 Å². The van der Waals surface area contributed by atoms with E-state index in [4.69, 9.17) is 14.6 Å². The molecule has 246 valence electrons. The van der Waals surface area contributed by atoms with Crippen molar-refractivity contribution in [2.75, 3.05) is 20.2 Å². The van der Waals surface area contributed by atoms with Crippen molar-refractivity contribution >= 4 is 23.9 Å². The van der Waals surface area contributed by atoms with Gasteiger partial charge in [-0.05, 0) is 74.0 Å². The largest absolute Gasteiger partial charge is 0.492 e.